The van der Waals surface area contributed by atoms with E-state index in [9.17, 15) is 9.59 Å². The van der Waals surface area contributed by atoms with Gasteiger partial charge in [-0.1, -0.05) is 84.1 Å². The van der Waals surface area contributed by atoms with Gasteiger partial charge in [-0.3, -0.25) is 9.36 Å². The van der Waals surface area contributed by atoms with Gasteiger partial charge in [-0.2, -0.15) is 0 Å². The summed E-state index contributed by atoms with van der Waals surface area (Å²) in [5.74, 6) is 0.237. The van der Waals surface area contributed by atoms with Crippen LogP contribution in [-0.2, 0) is 16.1 Å². The standard InChI is InChI=1S/C39H35N3O4S/c1-5-45-30-19-17-27(18-20-30)36-35(38(44)46-24(2)3)25(4)40-39-42(36)37(43)34(47-39)21-29-23-41(33-16-9-8-15-32(29)33)22-28-13-10-12-26-11-6-7-14-31(26)28/h6-21,23-24,36H,5,22H2,1-4H3/b34-21+/t36-/m1/s1. The van der Waals surface area contributed by atoms with Crippen molar-refractivity contribution in [2.24, 2.45) is 4.99 Å². The molecule has 0 bridgehead atoms. The van der Waals surface area contributed by atoms with E-state index in [4.69, 9.17) is 14.5 Å². The zero-order valence-corrected chi connectivity index (χ0v) is 27.6. The van der Waals surface area contributed by atoms with Gasteiger partial charge < -0.3 is 14.0 Å². The van der Waals surface area contributed by atoms with Gasteiger partial charge in [0, 0.05) is 29.2 Å². The van der Waals surface area contributed by atoms with Crippen molar-refractivity contribution < 1.29 is 14.3 Å². The maximum Gasteiger partial charge on any atom is 0.338 e. The fraction of sp³-hybridized carbons (Fsp3) is 0.205. The summed E-state index contributed by atoms with van der Waals surface area (Å²) >= 11 is 1.33. The van der Waals surface area contributed by atoms with Crippen molar-refractivity contribution in [3.8, 4) is 5.75 Å². The Balaban J connectivity index is 1.36. The van der Waals surface area contributed by atoms with E-state index in [0.29, 0.717) is 33.8 Å². The van der Waals surface area contributed by atoms with Crippen LogP contribution >= 0.6 is 11.3 Å². The Morgan fingerprint density at radius 2 is 1.68 bits per heavy atom. The fourth-order valence-electron chi connectivity index (χ4n) is 6.36. The second-order valence-corrected chi connectivity index (χ2v) is 12.9. The highest BCUT2D eigenvalue weighted by molar-refractivity contribution is 7.07. The lowest BCUT2D eigenvalue weighted by molar-refractivity contribution is -0.143. The van der Waals surface area contributed by atoms with Crippen molar-refractivity contribution in [1.82, 2.24) is 9.13 Å². The van der Waals surface area contributed by atoms with Crippen LogP contribution in [0.1, 0.15) is 50.4 Å². The molecule has 0 aliphatic carbocycles. The number of carbonyl (C=O) groups is 1. The molecule has 0 fully saturated rings. The number of thiazole rings is 1. The monoisotopic (exact) mass is 641 g/mol. The molecule has 0 amide bonds. The second kappa shape index (κ2) is 12.5. The van der Waals surface area contributed by atoms with Gasteiger partial charge in [0.05, 0.1) is 34.6 Å². The first kappa shape index (κ1) is 30.4. The predicted molar refractivity (Wildman–Crippen MR) is 188 cm³/mol. The zero-order chi connectivity index (χ0) is 32.7. The molecule has 47 heavy (non-hydrogen) atoms. The first-order valence-corrected chi connectivity index (χ1v) is 16.6. The van der Waals surface area contributed by atoms with Gasteiger partial charge in [-0.25, -0.2) is 9.79 Å². The lowest BCUT2D eigenvalue weighted by Crippen LogP contribution is -2.40. The Labute approximate surface area is 276 Å². The summed E-state index contributed by atoms with van der Waals surface area (Å²) in [7, 11) is 0. The van der Waals surface area contributed by atoms with Gasteiger partial charge >= 0.3 is 5.97 Å². The molecule has 1 atom stereocenters. The van der Waals surface area contributed by atoms with Crippen molar-refractivity contribution in [3.05, 3.63) is 145 Å². The third kappa shape index (κ3) is 5.70. The Bertz CT molecular complexity index is 2350. The van der Waals surface area contributed by atoms with Crippen LogP contribution in [0.5, 0.6) is 5.75 Å². The minimum Gasteiger partial charge on any atom is -0.494 e. The van der Waals surface area contributed by atoms with E-state index in [1.54, 1.807) is 11.5 Å². The lowest BCUT2D eigenvalue weighted by atomic mass is 9.96. The van der Waals surface area contributed by atoms with E-state index in [0.717, 1.165) is 27.8 Å². The average molecular weight is 642 g/mol. The molecule has 6 aromatic rings. The molecular weight excluding hydrogens is 607 g/mol. The van der Waals surface area contributed by atoms with E-state index in [1.165, 1.54) is 27.7 Å². The molecule has 8 heteroatoms. The zero-order valence-electron chi connectivity index (χ0n) is 26.8. The lowest BCUT2D eigenvalue weighted by Gasteiger charge is -2.25. The Hall–Kier alpha value is -5.21. The van der Waals surface area contributed by atoms with Gasteiger partial charge in [0.2, 0.25) is 0 Å². The van der Waals surface area contributed by atoms with E-state index >= 15 is 0 Å². The minimum absolute atomic E-state index is 0.208. The molecule has 0 unspecified atom stereocenters. The van der Waals surface area contributed by atoms with Crippen LogP contribution < -0.4 is 19.6 Å². The van der Waals surface area contributed by atoms with Crippen LogP contribution in [0.25, 0.3) is 27.8 Å². The molecule has 0 N–H and O–H groups in total. The summed E-state index contributed by atoms with van der Waals surface area (Å²) in [6.07, 6.45) is 3.75. The highest BCUT2D eigenvalue weighted by atomic mass is 32.1. The summed E-state index contributed by atoms with van der Waals surface area (Å²) in [5.41, 5.74) is 4.71. The highest BCUT2D eigenvalue weighted by Gasteiger charge is 2.34. The topological polar surface area (TPSA) is 74.8 Å². The van der Waals surface area contributed by atoms with Crippen LogP contribution in [-0.4, -0.2) is 27.8 Å². The number of esters is 1. The van der Waals surface area contributed by atoms with E-state index in [-0.39, 0.29) is 11.7 Å². The van der Waals surface area contributed by atoms with E-state index in [2.05, 4.69) is 65.4 Å². The number of carbonyl (C=O) groups excluding carboxylic acids is 1. The molecule has 4 aromatic carbocycles. The number of para-hydroxylation sites is 1. The summed E-state index contributed by atoms with van der Waals surface area (Å²) in [4.78, 5) is 33.1. The van der Waals surface area contributed by atoms with Crippen LogP contribution in [0.15, 0.2) is 118 Å². The van der Waals surface area contributed by atoms with Gasteiger partial charge in [0.1, 0.15) is 5.75 Å². The van der Waals surface area contributed by atoms with Crippen molar-refractivity contribution in [2.45, 2.75) is 46.4 Å². The van der Waals surface area contributed by atoms with Crippen LogP contribution in [0.2, 0.25) is 0 Å². The molecule has 1 aliphatic rings. The largest absolute Gasteiger partial charge is 0.494 e. The van der Waals surface area contributed by atoms with Crippen molar-refractivity contribution >= 4 is 45.1 Å². The molecule has 7 nitrogen and oxygen atoms in total. The van der Waals surface area contributed by atoms with Gasteiger partial charge in [-0.15, -0.1) is 0 Å². The normalized spacial score (nSPS) is 14.9. The molecule has 3 heterocycles. The molecule has 7 rings (SSSR count). The van der Waals surface area contributed by atoms with Crippen molar-refractivity contribution in [2.75, 3.05) is 6.61 Å². The molecule has 0 radical (unpaired) electrons. The second-order valence-electron chi connectivity index (χ2n) is 11.9. The minimum atomic E-state index is -0.692. The van der Waals surface area contributed by atoms with E-state index in [1.807, 2.05) is 63.2 Å². The molecule has 0 spiro atoms. The summed E-state index contributed by atoms with van der Waals surface area (Å²) < 4.78 is 15.7. The quantitative estimate of drug-likeness (QED) is 0.173. The third-order valence-electron chi connectivity index (χ3n) is 8.42. The molecule has 2 aromatic heterocycles. The van der Waals surface area contributed by atoms with Crippen LogP contribution in [0.3, 0.4) is 0 Å². The number of hydrogen-bond donors (Lipinski definition) is 0. The van der Waals surface area contributed by atoms with Crippen molar-refractivity contribution in [3.63, 3.8) is 0 Å². The van der Waals surface area contributed by atoms with Crippen molar-refractivity contribution in [1.29, 1.82) is 0 Å². The summed E-state index contributed by atoms with van der Waals surface area (Å²) in [6.45, 7) is 8.58. The van der Waals surface area contributed by atoms with Gasteiger partial charge in [-0.05, 0) is 73.9 Å². The molecule has 0 saturated heterocycles. The fourth-order valence-corrected chi connectivity index (χ4v) is 7.40. The molecule has 236 valence electrons. The Kier molecular flexibility index (Phi) is 8.12. The number of rotatable bonds is 8. The van der Waals surface area contributed by atoms with Crippen LogP contribution in [0.4, 0.5) is 0 Å². The number of nitrogens with zero attached hydrogens (tertiary/aromatic N) is 3. The Morgan fingerprint density at radius 3 is 2.45 bits per heavy atom. The van der Waals surface area contributed by atoms with Crippen LogP contribution in [0, 0.1) is 0 Å². The highest BCUT2D eigenvalue weighted by Crippen LogP contribution is 2.32. The van der Waals surface area contributed by atoms with E-state index < -0.39 is 12.0 Å². The first-order valence-electron chi connectivity index (χ1n) is 15.8. The van der Waals surface area contributed by atoms with Gasteiger partial charge in [0.15, 0.2) is 4.80 Å². The summed E-state index contributed by atoms with van der Waals surface area (Å²) in [5, 5.41) is 3.48. The average Bonchev–Trinajstić information content (AvgIpc) is 3.56. The maximum atomic E-state index is 14.3. The first-order chi connectivity index (χ1) is 22.8. The number of ether oxygens (including phenoxy) is 2. The molecule has 0 saturated carbocycles. The molecule has 1 aliphatic heterocycles. The molecular formula is C39H35N3O4S. The number of allylic oxidation sites excluding steroid dienone is 1. The summed E-state index contributed by atoms with van der Waals surface area (Å²) in [6, 6.07) is 29.9. The Morgan fingerprint density at radius 1 is 0.957 bits per heavy atom. The maximum absolute atomic E-state index is 14.3. The number of aromatic nitrogens is 2. The predicted octanol–water partition coefficient (Wildman–Crippen LogP) is 6.74. The number of fused-ring (bicyclic) bond motifs is 3. The number of benzene rings is 4. The third-order valence-corrected chi connectivity index (χ3v) is 9.40. The smallest absolute Gasteiger partial charge is 0.338 e. The number of hydrogen-bond acceptors (Lipinski definition) is 6. The SMILES string of the molecule is CCOc1ccc([C@@H]2C(C(=O)OC(C)C)=C(C)N=c3s/c(=C/c4cn(Cc5cccc6ccccc56)c5ccccc45)c(=O)n32)cc1. The van der Waals surface area contributed by atoms with Gasteiger partial charge in [0.25, 0.3) is 5.56 Å².